The zero-order valence-electron chi connectivity index (χ0n) is 9.06. The second-order valence-corrected chi connectivity index (χ2v) is 4.69. The monoisotopic (exact) mass is 207 g/mol. The van der Waals surface area contributed by atoms with Crippen molar-refractivity contribution in [1.29, 1.82) is 0 Å². The molecule has 1 heteroatoms. The van der Waals surface area contributed by atoms with Gasteiger partial charge < -0.3 is 4.90 Å². The van der Waals surface area contributed by atoms with Gasteiger partial charge in [0.1, 0.15) is 0 Å². The fourth-order valence-corrected chi connectivity index (χ4v) is 3.12. The number of hydrogen-bond acceptors (Lipinski definition) is 1. The fourth-order valence-electron chi connectivity index (χ4n) is 3.12. The van der Waals surface area contributed by atoms with Crippen LogP contribution in [0.4, 0.5) is 11.4 Å². The zero-order valence-corrected chi connectivity index (χ0v) is 9.06. The third-order valence-electron chi connectivity index (χ3n) is 3.78. The Kier molecular flexibility index (Phi) is 1.51. The minimum Gasteiger partial charge on any atom is -0.337 e. The normalized spacial score (nSPS) is 17.1. The molecule has 0 saturated heterocycles. The van der Waals surface area contributed by atoms with Crippen molar-refractivity contribution in [3.05, 3.63) is 59.7 Å². The maximum Gasteiger partial charge on any atom is 0.0446 e. The van der Waals surface area contributed by atoms with Gasteiger partial charge in [0.15, 0.2) is 0 Å². The van der Waals surface area contributed by atoms with Crippen molar-refractivity contribution in [2.45, 2.75) is 18.9 Å². The lowest BCUT2D eigenvalue weighted by atomic mass is 10.0. The number of anilines is 2. The number of benzene rings is 2. The van der Waals surface area contributed by atoms with E-state index in [1.54, 1.807) is 0 Å². The summed E-state index contributed by atoms with van der Waals surface area (Å²) in [6, 6.07) is 18.3. The molecule has 1 nitrogen and oxygen atoms in total. The first-order chi connectivity index (χ1) is 7.93. The Morgan fingerprint density at radius 3 is 1.81 bits per heavy atom. The lowest BCUT2D eigenvalue weighted by Gasteiger charge is -2.20. The molecule has 2 aliphatic heterocycles. The smallest absolute Gasteiger partial charge is 0.0446 e. The second-order valence-electron chi connectivity index (χ2n) is 4.69. The molecule has 0 unspecified atom stereocenters. The number of hydrogen-bond donors (Lipinski definition) is 0. The van der Waals surface area contributed by atoms with E-state index in [-0.39, 0.29) is 0 Å². The Labute approximate surface area is 95.3 Å². The first kappa shape index (κ1) is 8.40. The van der Waals surface area contributed by atoms with E-state index in [0.29, 0.717) is 6.04 Å². The summed E-state index contributed by atoms with van der Waals surface area (Å²) < 4.78 is 0. The van der Waals surface area contributed by atoms with Crippen LogP contribution in [0.1, 0.15) is 11.1 Å². The van der Waals surface area contributed by atoms with Gasteiger partial charge in [0.25, 0.3) is 0 Å². The number of nitrogens with zero attached hydrogens (tertiary/aromatic N) is 1. The van der Waals surface area contributed by atoms with E-state index in [2.05, 4.69) is 53.4 Å². The van der Waals surface area contributed by atoms with E-state index in [4.69, 9.17) is 0 Å². The van der Waals surface area contributed by atoms with Crippen LogP contribution in [0.15, 0.2) is 48.5 Å². The predicted molar refractivity (Wildman–Crippen MR) is 66.2 cm³/mol. The first-order valence-corrected chi connectivity index (χ1v) is 5.88. The Morgan fingerprint density at radius 1 is 0.750 bits per heavy atom. The van der Waals surface area contributed by atoms with Gasteiger partial charge >= 0.3 is 0 Å². The van der Waals surface area contributed by atoms with Gasteiger partial charge in [-0.15, -0.1) is 0 Å². The average Bonchev–Trinajstić information content (AvgIpc) is 2.83. The average molecular weight is 207 g/mol. The highest BCUT2D eigenvalue weighted by molar-refractivity contribution is 5.76. The van der Waals surface area contributed by atoms with Gasteiger partial charge in [-0.1, -0.05) is 36.4 Å². The van der Waals surface area contributed by atoms with Crippen LogP contribution in [0.2, 0.25) is 0 Å². The van der Waals surface area contributed by atoms with Crippen LogP contribution >= 0.6 is 0 Å². The van der Waals surface area contributed by atoms with Crippen molar-refractivity contribution >= 4 is 11.4 Å². The van der Waals surface area contributed by atoms with E-state index >= 15 is 0 Å². The molecule has 2 heterocycles. The number of fused-ring (bicyclic) bond motifs is 5. The molecule has 78 valence electrons. The number of para-hydroxylation sites is 2. The Balaban J connectivity index is 1.93. The van der Waals surface area contributed by atoms with Crippen molar-refractivity contribution in [3.8, 4) is 0 Å². The standard InChI is InChI=1S/C15H13N/c1-3-7-14-11(5-1)9-13-10-12-6-2-4-8-15(12)16(13)14/h1-8,13H,9-10H2. The van der Waals surface area contributed by atoms with E-state index in [1.165, 1.54) is 35.3 Å². The van der Waals surface area contributed by atoms with Gasteiger partial charge in [-0.25, -0.2) is 0 Å². The topological polar surface area (TPSA) is 3.24 Å². The first-order valence-electron chi connectivity index (χ1n) is 5.88. The van der Waals surface area contributed by atoms with Crippen LogP contribution < -0.4 is 4.90 Å². The molecule has 0 saturated carbocycles. The lowest BCUT2D eigenvalue weighted by molar-refractivity contribution is 0.725. The van der Waals surface area contributed by atoms with Gasteiger partial charge in [-0.3, -0.25) is 0 Å². The molecule has 0 aliphatic carbocycles. The highest BCUT2D eigenvalue weighted by Crippen LogP contribution is 2.45. The minimum atomic E-state index is 0.662. The third-order valence-corrected chi connectivity index (χ3v) is 3.78. The lowest BCUT2D eigenvalue weighted by Crippen LogP contribution is -2.22. The van der Waals surface area contributed by atoms with Crippen LogP contribution in [0.25, 0.3) is 0 Å². The largest absolute Gasteiger partial charge is 0.337 e. The molecule has 0 bridgehead atoms. The molecule has 16 heavy (non-hydrogen) atoms. The van der Waals surface area contributed by atoms with Crippen LogP contribution in [0.5, 0.6) is 0 Å². The maximum atomic E-state index is 2.52. The molecule has 0 atom stereocenters. The van der Waals surface area contributed by atoms with Gasteiger partial charge in [-0.05, 0) is 36.1 Å². The predicted octanol–water partition coefficient (Wildman–Crippen LogP) is 3.31. The van der Waals surface area contributed by atoms with Crippen molar-refractivity contribution < 1.29 is 0 Å². The molecule has 0 fully saturated rings. The molecule has 4 rings (SSSR count). The molecule has 0 N–H and O–H groups in total. The van der Waals surface area contributed by atoms with E-state index < -0.39 is 0 Å². The summed E-state index contributed by atoms with van der Waals surface area (Å²) in [6.07, 6.45) is 2.40. The SMILES string of the molecule is c1ccc2c(c1)CC1Cc3ccccc3N21. The summed E-state index contributed by atoms with van der Waals surface area (Å²) in [7, 11) is 0. The van der Waals surface area contributed by atoms with Crippen molar-refractivity contribution in [3.63, 3.8) is 0 Å². The third kappa shape index (κ3) is 0.955. The molecular weight excluding hydrogens is 194 g/mol. The summed E-state index contributed by atoms with van der Waals surface area (Å²) in [6.45, 7) is 0. The summed E-state index contributed by atoms with van der Waals surface area (Å²) in [4.78, 5) is 2.52. The van der Waals surface area contributed by atoms with Gasteiger partial charge in [0, 0.05) is 17.4 Å². The summed E-state index contributed by atoms with van der Waals surface area (Å²) in [5.74, 6) is 0. The zero-order chi connectivity index (χ0) is 10.5. The molecular formula is C15H13N. The van der Waals surface area contributed by atoms with E-state index in [0.717, 1.165) is 0 Å². The molecule has 2 aliphatic rings. The van der Waals surface area contributed by atoms with Gasteiger partial charge in [0.2, 0.25) is 0 Å². The Bertz CT molecular complexity index is 509. The molecule has 2 aromatic rings. The van der Waals surface area contributed by atoms with E-state index in [1.807, 2.05) is 0 Å². The van der Waals surface area contributed by atoms with Crippen molar-refractivity contribution in [2.75, 3.05) is 4.90 Å². The van der Waals surface area contributed by atoms with Crippen LogP contribution in [0.3, 0.4) is 0 Å². The van der Waals surface area contributed by atoms with Gasteiger partial charge in [-0.2, -0.15) is 0 Å². The fraction of sp³-hybridized carbons (Fsp3) is 0.200. The summed E-state index contributed by atoms with van der Waals surface area (Å²) in [5.41, 5.74) is 5.83. The van der Waals surface area contributed by atoms with Gasteiger partial charge in [0.05, 0.1) is 0 Å². The van der Waals surface area contributed by atoms with Crippen LogP contribution in [-0.4, -0.2) is 6.04 Å². The summed E-state index contributed by atoms with van der Waals surface area (Å²) >= 11 is 0. The van der Waals surface area contributed by atoms with Crippen LogP contribution in [0, 0.1) is 0 Å². The molecule has 2 aromatic carbocycles. The molecule has 0 aromatic heterocycles. The highest BCUT2D eigenvalue weighted by Gasteiger charge is 2.36. The Hall–Kier alpha value is -1.76. The molecule has 0 radical (unpaired) electrons. The van der Waals surface area contributed by atoms with Crippen LogP contribution in [-0.2, 0) is 12.8 Å². The quantitative estimate of drug-likeness (QED) is 0.640. The maximum absolute atomic E-state index is 2.52. The number of rotatable bonds is 0. The van der Waals surface area contributed by atoms with E-state index in [9.17, 15) is 0 Å². The van der Waals surface area contributed by atoms with Crippen molar-refractivity contribution in [2.24, 2.45) is 0 Å². The second kappa shape index (κ2) is 2.88. The molecule has 0 amide bonds. The van der Waals surface area contributed by atoms with Crippen molar-refractivity contribution in [1.82, 2.24) is 0 Å². The molecule has 0 spiro atoms. The highest BCUT2D eigenvalue weighted by atomic mass is 15.2. The minimum absolute atomic E-state index is 0.662. The Morgan fingerprint density at radius 2 is 1.25 bits per heavy atom. The summed E-state index contributed by atoms with van der Waals surface area (Å²) in [5, 5.41) is 0.